The van der Waals surface area contributed by atoms with Crippen LogP contribution in [0, 0.1) is 11.3 Å². The number of benzene rings is 1. The number of hydrazine groups is 1. The molecular formula is C18H19N3O3S2. The summed E-state index contributed by atoms with van der Waals surface area (Å²) in [6.07, 6.45) is 6.61. The maximum Gasteiger partial charge on any atom is 0.276 e. The average Bonchev–Trinajstić information content (AvgIpc) is 3.02. The molecule has 1 heterocycles. The van der Waals surface area contributed by atoms with E-state index in [-0.39, 0.29) is 4.90 Å². The van der Waals surface area contributed by atoms with Crippen LogP contribution in [-0.4, -0.2) is 14.3 Å². The first-order valence-corrected chi connectivity index (χ1v) is 10.7. The van der Waals surface area contributed by atoms with Crippen molar-refractivity contribution in [3.05, 3.63) is 51.2 Å². The Morgan fingerprint density at radius 3 is 2.46 bits per heavy atom. The summed E-state index contributed by atoms with van der Waals surface area (Å²) in [6, 6.07) is 9.27. The highest BCUT2D eigenvalue weighted by Gasteiger charge is 2.19. The normalized spacial score (nSPS) is 14.6. The van der Waals surface area contributed by atoms with Crippen LogP contribution in [0.1, 0.15) is 51.4 Å². The van der Waals surface area contributed by atoms with Crippen molar-refractivity contribution in [2.75, 3.05) is 0 Å². The molecule has 26 heavy (non-hydrogen) atoms. The summed E-state index contributed by atoms with van der Waals surface area (Å²) >= 11 is 1.43. The summed E-state index contributed by atoms with van der Waals surface area (Å²) in [6.45, 7) is 0. The lowest BCUT2D eigenvalue weighted by molar-refractivity contribution is 0.0949. The van der Waals surface area contributed by atoms with Crippen molar-refractivity contribution < 1.29 is 13.2 Å². The first-order chi connectivity index (χ1) is 12.5. The van der Waals surface area contributed by atoms with Crippen molar-refractivity contribution in [3.63, 3.8) is 0 Å². The van der Waals surface area contributed by atoms with E-state index in [0.29, 0.717) is 10.4 Å². The van der Waals surface area contributed by atoms with Gasteiger partial charge in [0.1, 0.15) is 0 Å². The molecule has 1 aromatic carbocycles. The van der Waals surface area contributed by atoms with Gasteiger partial charge in [-0.05, 0) is 61.6 Å². The number of fused-ring (bicyclic) bond motifs is 1. The molecule has 0 spiro atoms. The first kappa shape index (κ1) is 18.6. The Labute approximate surface area is 156 Å². The average molecular weight is 390 g/mol. The molecule has 1 amide bonds. The van der Waals surface area contributed by atoms with Gasteiger partial charge in [0.15, 0.2) is 0 Å². The molecule has 0 aliphatic heterocycles. The predicted molar refractivity (Wildman–Crippen MR) is 99.1 cm³/mol. The zero-order chi connectivity index (χ0) is 18.6. The highest BCUT2D eigenvalue weighted by atomic mass is 32.2. The Morgan fingerprint density at radius 1 is 1.08 bits per heavy atom. The molecule has 136 valence electrons. The summed E-state index contributed by atoms with van der Waals surface area (Å²) in [5.41, 5.74) is 3.84. The zero-order valence-electron chi connectivity index (χ0n) is 14.1. The van der Waals surface area contributed by atoms with Gasteiger partial charge in [-0.2, -0.15) is 5.26 Å². The molecule has 0 bridgehead atoms. The van der Waals surface area contributed by atoms with E-state index in [1.54, 1.807) is 0 Å². The van der Waals surface area contributed by atoms with Crippen LogP contribution in [0.5, 0.6) is 0 Å². The number of carbonyl (C=O) groups is 1. The van der Waals surface area contributed by atoms with Gasteiger partial charge < -0.3 is 0 Å². The fraction of sp³-hybridized carbons (Fsp3) is 0.333. The van der Waals surface area contributed by atoms with Crippen LogP contribution in [0.2, 0.25) is 0 Å². The molecule has 2 aromatic rings. The molecule has 0 radical (unpaired) electrons. The Morgan fingerprint density at radius 2 is 1.77 bits per heavy atom. The molecule has 2 N–H and O–H groups in total. The van der Waals surface area contributed by atoms with Crippen LogP contribution in [-0.2, 0) is 22.9 Å². The van der Waals surface area contributed by atoms with Crippen LogP contribution in [0.25, 0.3) is 0 Å². The standard InChI is InChI=1S/C18H19N3O3S2/c19-12-13-7-9-15(10-8-13)26(23,24)21-20-18(22)17-11-14-5-3-1-2-4-6-16(14)25-17/h7-11,21H,1-6H2,(H,20,22). The number of rotatable bonds is 4. The smallest absolute Gasteiger partial charge is 0.273 e. The van der Waals surface area contributed by atoms with E-state index in [1.807, 2.05) is 12.1 Å². The van der Waals surface area contributed by atoms with E-state index in [2.05, 4.69) is 10.3 Å². The minimum atomic E-state index is -3.89. The Kier molecular flexibility index (Phi) is 5.71. The molecular weight excluding hydrogens is 370 g/mol. The summed E-state index contributed by atoms with van der Waals surface area (Å²) in [4.78, 5) is 16.2. The quantitative estimate of drug-likeness (QED) is 0.786. The van der Waals surface area contributed by atoms with Crippen molar-refractivity contribution in [3.8, 4) is 6.07 Å². The van der Waals surface area contributed by atoms with Gasteiger partial charge >= 0.3 is 0 Å². The molecule has 8 heteroatoms. The van der Waals surface area contributed by atoms with E-state index in [1.165, 1.54) is 58.9 Å². The molecule has 6 nitrogen and oxygen atoms in total. The van der Waals surface area contributed by atoms with E-state index in [0.717, 1.165) is 25.7 Å². The zero-order valence-corrected chi connectivity index (χ0v) is 15.8. The second-order valence-corrected chi connectivity index (χ2v) is 8.99. The van der Waals surface area contributed by atoms with Gasteiger partial charge in [0, 0.05) is 4.88 Å². The van der Waals surface area contributed by atoms with Crippen molar-refractivity contribution >= 4 is 27.3 Å². The largest absolute Gasteiger partial charge is 0.276 e. The number of hydrogen-bond donors (Lipinski definition) is 2. The summed E-state index contributed by atoms with van der Waals surface area (Å²) < 4.78 is 24.5. The van der Waals surface area contributed by atoms with Gasteiger partial charge in [-0.1, -0.05) is 12.8 Å². The predicted octanol–water partition coefficient (Wildman–Crippen LogP) is 2.90. The number of sulfonamides is 1. The van der Waals surface area contributed by atoms with Crippen LogP contribution in [0.4, 0.5) is 0 Å². The van der Waals surface area contributed by atoms with Crippen molar-refractivity contribution in [1.82, 2.24) is 10.3 Å². The summed E-state index contributed by atoms with van der Waals surface area (Å²) in [5.74, 6) is -0.459. The fourth-order valence-electron chi connectivity index (χ4n) is 2.90. The van der Waals surface area contributed by atoms with Crippen molar-refractivity contribution in [2.45, 2.75) is 43.4 Å². The van der Waals surface area contributed by atoms with Gasteiger partial charge in [0.05, 0.1) is 21.4 Å². The lowest BCUT2D eigenvalue weighted by atomic mass is 10.00. The molecule has 0 saturated heterocycles. The topological polar surface area (TPSA) is 99.1 Å². The molecule has 1 aliphatic rings. The van der Waals surface area contributed by atoms with E-state index < -0.39 is 15.9 Å². The number of aryl methyl sites for hydroxylation is 2. The maximum atomic E-state index is 12.3. The maximum absolute atomic E-state index is 12.3. The molecule has 1 aliphatic carbocycles. The third kappa shape index (κ3) is 4.30. The second-order valence-electron chi connectivity index (χ2n) is 6.17. The summed E-state index contributed by atoms with van der Waals surface area (Å²) in [5, 5.41) is 8.77. The minimum Gasteiger partial charge on any atom is -0.273 e. The molecule has 0 saturated carbocycles. The third-order valence-corrected chi connectivity index (χ3v) is 6.81. The Hall–Kier alpha value is -2.21. The van der Waals surface area contributed by atoms with Crippen molar-refractivity contribution in [1.29, 1.82) is 5.26 Å². The van der Waals surface area contributed by atoms with Gasteiger partial charge in [-0.25, -0.2) is 8.42 Å². The number of nitriles is 1. The number of hydrogen-bond acceptors (Lipinski definition) is 5. The van der Waals surface area contributed by atoms with Crippen LogP contribution >= 0.6 is 11.3 Å². The van der Waals surface area contributed by atoms with Gasteiger partial charge in [-0.15, -0.1) is 16.2 Å². The molecule has 0 atom stereocenters. The third-order valence-electron chi connectivity index (χ3n) is 4.31. The van der Waals surface area contributed by atoms with Gasteiger partial charge in [0.2, 0.25) is 0 Å². The molecule has 3 rings (SSSR count). The van der Waals surface area contributed by atoms with E-state index >= 15 is 0 Å². The Bertz CT molecular complexity index is 916. The number of nitrogens with one attached hydrogen (secondary N) is 2. The number of amides is 1. The lowest BCUT2D eigenvalue weighted by Gasteiger charge is -2.07. The van der Waals surface area contributed by atoms with E-state index in [4.69, 9.17) is 5.26 Å². The monoisotopic (exact) mass is 389 g/mol. The molecule has 1 aromatic heterocycles. The van der Waals surface area contributed by atoms with Crippen LogP contribution in [0.3, 0.4) is 0 Å². The summed E-state index contributed by atoms with van der Waals surface area (Å²) in [7, 11) is -3.89. The Balaban J connectivity index is 1.68. The second kappa shape index (κ2) is 7.99. The van der Waals surface area contributed by atoms with Crippen LogP contribution < -0.4 is 10.3 Å². The number of carbonyl (C=O) groups excluding carboxylic acids is 1. The molecule has 0 fully saturated rings. The van der Waals surface area contributed by atoms with Gasteiger partial charge in [-0.3, -0.25) is 10.2 Å². The van der Waals surface area contributed by atoms with Crippen molar-refractivity contribution in [2.24, 2.45) is 0 Å². The molecule has 0 unspecified atom stereocenters. The van der Waals surface area contributed by atoms with E-state index in [9.17, 15) is 13.2 Å². The van der Waals surface area contributed by atoms with Crippen LogP contribution in [0.15, 0.2) is 35.2 Å². The number of thiophene rings is 1. The number of nitrogens with zero attached hydrogens (tertiary/aromatic N) is 1. The highest BCUT2D eigenvalue weighted by molar-refractivity contribution is 7.89. The fourth-order valence-corrected chi connectivity index (χ4v) is 4.89. The first-order valence-electron chi connectivity index (χ1n) is 8.43. The minimum absolute atomic E-state index is 0.0183. The lowest BCUT2D eigenvalue weighted by Crippen LogP contribution is -2.41. The van der Waals surface area contributed by atoms with Gasteiger partial charge in [0.25, 0.3) is 15.9 Å². The SMILES string of the molecule is N#Cc1ccc(S(=O)(=O)NNC(=O)c2cc3c(s2)CCCCCC3)cc1. The highest BCUT2D eigenvalue weighted by Crippen LogP contribution is 2.28.